The summed E-state index contributed by atoms with van der Waals surface area (Å²) < 4.78 is 13.2. The highest BCUT2D eigenvalue weighted by molar-refractivity contribution is 5.98. The lowest BCUT2D eigenvalue weighted by atomic mass is 9.91. The van der Waals surface area contributed by atoms with Crippen molar-refractivity contribution >= 4 is 39.7 Å². The molecule has 5 aromatic rings. The number of aryl methyl sites for hydroxylation is 2. The number of fused-ring (bicyclic) bond motifs is 2. The Hall–Kier alpha value is -4.02. The highest BCUT2D eigenvalue weighted by atomic mass is 16.5. The van der Waals surface area contributed by atoms with Gasteiger partial charge in [0.15, 0.2) is 11.2 Å². The first-order valence-corrected chi connectivity index (χ1v) is 13.5. The Morgan fingerprint density at radius 3 is 2.64 bits per heavy atom. The zero-order valence-corrected chi connectivity index (χ0v) is 22.6. The molecule has 39 heavy (non-hydrogen) atoms. The molecule has 0 aliphatic heterocycles. The van der Waals surface area contributed by atoms with Crippen molar-refractivity contribution in [3.8, 4) is 11.3 Å². The summed E-state index contributed by atoms with van der Waals surface area (Å²) in [5.41, 5.74) is 13.6. The van der Waals surface area contributed by atoms with Gasteiger partial charge >= 0.3 is 0 Å². The number of ether oxygens (including phenoxy) is 1. The molecule has 10 heteroatoms. The molecule has 0 unspecified atom stereocenters. The fourth-order valence-corrected chi connectivity index (χ4v) is 5.61. The summed E-state index contributed by atoms with van der Waals surface area (Å²) in [5, 5.41) is 12.7. The fourth-order valence-electron chi connectivity index (χ4n) is 5.61. The number of rotatable bonds is 8. The lowest BCUT2D eigenvalue weighted by Gasteiger charge is -2.29. The molecule has 0 saturated heterocycles. The largest absolute Gasteiger partial charge is 0.423 e. The van der Waals surface area contributed by atoms with Gasteiger partial charge in [0.2, 0.25) is 0 Å². The van der Waals surface area contributed by atoms with Gasteiger partial charge in [-0.1, -0.05) is 18.2 Å². The number of hydrogen-bond acceptors (Lipinski definition) is 9. The van der Waals surface area contributed by atoms with E-state index in [1.54, 1.807) is 7.11 Å². The first-order valence-electron chi connectivity index (χ1n) is 13.5. The van der Waals surface area contributed by atoms with Gasteiger partial charge in [-0.25, -0.2) is 14.6 Å². The van der Waals surface area contributed by atoms with Gasteiger partial charge in [-0.2, -0.15) is 10.1 Å². The van der Waals surface area contributed by atoms with Crippen LogP contribution in [0.5, 0.6) is 0 Å². The van der Waals surface area contributed by atoms with Crippen LogP contribution in [0.25, 0.3) is 33.4 Å². The second-order valence-electron chi connectivity index (χ2n) is 10.4. The predicted octanol–water partition coefficient (Wildman–Crippen LogP) is 5.30. The number of methoxy groups -OCH3 is 1. The Morgan fingerprint density at radius 1 is 1.08 bits per heavy atom. The predicted molar refractivity (Wildman–Crippen MR) is 153 cm³/mol. The summed E-state index contributed by atoms with van der Waals surface area (Å²) >= 11 is 0. The third-order valence-corrected chi connectivity index (χ3v) is 7.53. The van der Waals surface area contributed by atoms with Crippen molar-refractivity contribution in [3.63, 3.8) is 0 Å². The maximum absolute atomic E-state index is 6.36. The molecule has 0 radical (unpaired) electrons. The number of nitrogens with zero attached hydrogens (tertiary/aromatic N) is 5. The normalized spacial score (nSPS) is 17.7. The van der Waals surface area contributed by atoms with Gasteiger partial charge in [0.1, 0.15) is 23.4 Å². The van der Waals surface area contributed by atoms with E-state index < -0.39 is 0 Å². The molecule has 10 nitrogen and oxygen atoms in total. The molecule has 0 atom stereocenters. The highest BCUT2D eigenvalue weighted by Gasteiger charge is 2.27. The van der Waals surface area contributed by atoms with Crippen LogP contribution in [0.4, 0.5) is 17.5 Å². The molecule has 3 aromatic heterocycles. The molecule has 0 bridgehead atoms. The number of oxazole rings is 1. The van der Waals surface area contributed by atoms with Crippen LogP contribution in [-0.4, -0.2) is 51.0 Å². The molecule has 1 fully saturated rings. The monoisotopic (exact) mass is 526 g/mol. The number of hydrogen-bond donors (Lipinski definition) is 3. The van der Waals surface area contributed by atoms with E-state index in [2.05, 4.69) is 43.3 Å². The lowest BCUT2D eigenvalue weighted by molar-refractivity contribution is 0.188. The third kappa shape index (κ3) is 5.05. The van der Waals surface area contributed by atoms with E-state index in [1.165, 1.54) is 6.33 Å². The summed E-state index contributed by atoms with van der Waals surface area (Å²) in [6, 6.07) is 13.4. The first-order chi connectivity index (χ1) is 19.0. The zero-order chi connectivity index (χ0) is 26.9. The van der Waals surface area contributed by atoms with Gasteiger partial charge in [0.25, 0.3) is 6.01 Å². The number of anilines is 3. The topological polar surface area (TPSA) is 129 Å². The fraction of sp³-hybridized carbons (Fsp3) is 0.379. The number of nitrogen functional groups attached to an aromatic ring is 1. The minimum absolute atomic E-state index is 0.267. The standard InChI is InChI=1S/C29H34N8O2/c1-17-14-18(2)26-23(15-17)35-29(39-26)34-21-6-4-19(5-7-21)25-24-27(30)32-16-33-28(24)37(36-25)22-10-8-20(9-11-22)31-12-13-38-3/h4-7,14-16,20,22,31H,8-13H2,1-3H3,(H,34,35)(H2,30,32,33). The third-order valence-electron chi connectivity index (χ3n) is 7.53. The highest BCUT2D eigenvalue weighted by Crippen LogP contribution is 2.36. The Labute approximate surface area is 227 Å². The Balaban J connectivity index is 1.24. The van der Waals surface area contributed by atoms with Gasteiger partial charge in [0.05, 0.1) is 18.0 Å². The van der Waals surface area contributed by atoms with Crippen molar-refractivity contribution in [2.24, 2.45) is 0 Å². The Kier molecular flexibility index (Phi) is 6.88. The second-order valence-corrected chi connectivity index (χ2v) is 10.4. The SMILES string of the molecule is COCCNC1CCC(n2nc(-c3ccc(Nc4nc5cc(C)cc(C)c5o4)cc3)c3c(N)ncnc32)CC1. The van der Waals surface area contributed by atoms with Gasteiger partial charge in [-0.05, 0) is 68.9 Å². The summed E-state index contributed by atoms with van der Waals surface area (Å²) in [6.45, 7) is 5.69. The van der Waals surface area contributed by atoms with Gasteiger partial charge < -0.3 is 25.5 Å². The molecular formula is C29H34N8O2. The first kappa shape index (κ1) is 25.3. The zero-order valence-electron chi connectivity index (χ0n) is 22.6. The second kappa shape index (κ2) is 10.6. The van der Waals surface area contributed by atoms with Gasteiger partial charge in [-0.15, -0.1) is 0 Å². The summed E-state index contributed by atoms with van der Waals surface area (Å²) in [4.78, 5) is 13.5. The van der Waals surface area contributed by atoms with E-state index in [0.717, 1.165) is 89.0 Å². The van der Waals surface area contributed by atoms with Crippen molar-refractivity contribution < 1.29 is 9.15 Å². The van der Waals surface area contributed by atoms with Crippen LogP contribution >= 0.6 is 0 Å². The summed E-state index contributed by atoms with van der Waals surface area (Å²) in [6.07, 6.45) is 5.74. The average molecular weight is 527 g/mol. The molecular weight excluding hydrogens is 492 g/mol. The summed E-state index contributed by atoms with van der Waals surface area (Å²) in [7, 11) is 1.73. The maximum Gasteiger partial charge on any atom is 0.300 e. The number of nitrogens with one attached hydrogen (secondary N) is 2. The number of aromatic nitrogens is 5. The molecule has 0 spiro atoms. The van der Waals surface area contributed by atoms with E-state index in [-0.39, 0.29) is 6.04 Å². The van der Waals surface area contributed by atoms with Crippen LogP contribution < -0.4 is 16.4 Å². The molecule has 6 rings (SSSR count). The average Bonchev–Trinajstić information content (AvgIpc) is 3.52. The summed E-state index contributed by atoms with van der Waals surface area (Å²) in [5.74, 6) is 0.440. The minimum Gasteiger partial charge on any atom is -0.423 e. The molecule has 4 N–H and O–H groups in total. The molecule has 3 heterocycles. The van der Waals surface area contributed by atoms with E-state index in [0.29, 0.717) is 17.9 Å². The lowest BCUT2D eigenvalue weighted by Crippen LogP contribution is -2.35. The molecule has 1 aliphatic rings. The minimum atomic E-state index is 0.267. The molecule has 2 aromatic carbocycles. The van der Waals surface area contributed by atoms with Crippen molar-refractivity contribution in [2.45, 2.75) is 51.6 Å². The van der Waals surface area contributed by atoms with Crippen molar-refractivity contribution in [2.75, 3.05) is 31.3 Å². The van der Waals surface area contributed by atoms with E-state index in [9.17, 15) is 0 Å². The van der Waals surface area contributed by atoms with Crippen LogP contribution in [-0.2, 0) is 4.74 Å². The Morgan fingerprint density at radius 2 is 1.87 bits per heavy atom. The van der Waals surface area contributed by atoms with Gasteiger partial charge in [-0.3, -0.25) is 0 Å². The van der Waals surface area contributed by atoms with Crippen molar-refractivity contribution in [1.29, 1.82) is 0 Å². The molecule has 1 saturated carbocycles. The number of nitrogens with two attached hydrogens (primary N) is 1. The Bertz CT molecular complexity index is 1600. The van der Waals surface area contributed by atoms with E-state index in [1.807, 2.05) is 37.3 Å². The van der Waals surface area contributed by atoms with Crippen LogP contribution in [0, 0.1) is 13.8 Å². The van der Waals surface area contributed by atoms with E-state index >= 15 is 0 Å². The number of benzene rings is 2. The van der Waals surface area contributed by atoms with Crippen LogP contribution in [0.1, 0.15) is 42.9 Å². The van der Waals surface area contributed by atoms with Gasteiger partial charge in [0, 0.05) is 30.9 Å². The van der Waals surface area contributed by atoms with Crippen LogP contribution in [0.15, 0.2) is 47.1 Å². The molecule has 1 aliphatic carbocycles. The quantitative estimate of drug-likeness (QED) is 0.231. The van der Waals surface area contributed by atoms with Crippen LogP contribution in [0.2, 0.25) is 0 Å². The molecule has 202 valence electrons. The smallest absolute Gasteiger partial charge is 0.300 e. The molecule has 0 amide bonds. The van der Waals surface area contributed by atoms with Crippen LogP contribution in [0.3, 0.4) is 0 Å². The van der Waals surface area contributed by atoms with Crippen molar-refractivity contribution in [3.05, 3.63) is 53.9 Å². The van der Waals surface area contributed by atoms with Crippen molar-refractivity contribution in [1.82, 2.24) is 30.0 Å². The maximum atomic E-state index is 6.36. The van der Waals surface area contributed by atoms with E-state index in [4.69, 9.17) is 20.0 Å².